The molecular weight excluding hydrogens is 266 g/mol. The third-order valence-electron chi connectivity index (χ3n) is 2.97. The first-order valence-corrected chi connectivity index (χ1v) is 7.51. The second kappa shape index (κ2) is 7.29. The predicted octanol–water partition coefficient (Wildman–Crippen LogP) is 3.47. The molecule has 0 radical (unpaired) electrons. The Kier molecular flexibility index (Phi) is 6.00. The molecule has 1 aliphatic rings. The molecule has 0 atom stereocenters. The monoisotopic (exact) mass is 293 g/mol. The van der Waals surface area contributed by atoms with Crippen LogP contribution >= 0.6 is 0 Å². The summed E-state index contributed by atoms with van der Waals surface area (Å²) in [5.74, 6) is 0.976. The van der Waals surface area contributed by atoms with E-state index in [-0.39, 0.29) is 6.09 Å². The normalized spacial score (nSPS) is 15.0. The number of amides is 1. The van der Waals surface area contributed by atoms with Gasteiger partial charge in [-0.3, -0.25) is 0 Å². The Hall–Kier alpha value is -1.78. The van der Waals surface area contributed by atoms with Crippen LogP contribution in [0.4, 0.5) is 4.79 Å². The lowest BCUT2D eigenvalue weighted by Crippen LogP contribution is -2.39. The molecule has 1 aliphatic heterocycles. The summed E-state index contributed by atoms with van der Waals surface area (Å²) in [7, 11) is 1.98. The van der Waals surface area contributed by atoms with Crippen molar-refractivity contribution < 1.29 is 9.53 Å². The summed E-state index contributed by atoms with van der Waals surface area (Å²) < 4.78 is 7.36. The average molecular weight is 293 g/mol. The molecule has 0 bridgehead atoms. The Labute approximate surface area is 127 Å². The van der Waals surface area contributed by atoms with Crippen LogP contribution in [0.2, 0.25) is 0 Å². The van der Waals surface area contributed by atoms with Gasteiger partial charge in [0, 0.05) is 32.5 Å². The van der Waals surface area contributed by atoms with Gasteiger partial charge in [0.2, 0.25) is 0 Å². The molecule has 1 aromatic rings. The molecule has 1 amide bonds. The van der Waals surface area contributed by atoms with Gasteiger partial charge in [0.25, 0.3) is 0 Å². The van der Waals surface area contributed by atoms with Gasteiger partial charge in [-0.2, -0.15) is 0 Å². The summed E-state index contributed by atoms with van der Waals surface area (Å²) in [4.78, 5) is 18.0. The van der Waals surface area contributed by atoms with Crippen molar-refractivity contribution in [3.05, 3.63) is 24.3 Å². The number of carbonyl (C=O) groups excluding carboxylic acids is 1. The van der Waals surface area contributed by atoms with E-state index in [0.717, 1.165) is 12.2 Å². The zero-order chi connectivity index (χ0) is 16.0. The fourth-order valence-corrected chi connectivity index (χ4v) is 2.04. The van der Waals surface area contributed by atoms with Gasteiger partial charge in [-0.15, -0.1) is 0 Å². The maximum absolute atomic E-state index is 11.9. The predicted molar refractivity (Wildman–Crippen MR) is 85.0 cm³/mol. The first-order chi connectivity index (χ1) is 9.87. The number of rotatable bonds is 1. The second-order valence-electron chi connectivity index (χ2n) is 5.77. The third-order valence-corrected chi connectivity index (χ3v) is 2.97. The van der Waals surface area contributed by atoms with Crippen LogP contribution < -0.4 is 0 Å². The highest BCUT2D eigenvalue weighted by molar-refractivity contribution is 5.71. The van der Waals surface area contributed by atoms with E-state index in [4.69, 9.17) is 4.74 Å². The van der Waals surface area contributed by atoms with E-state index in [1.54, 1.807) is 11.1 Å². The number of hydrogen-bond acceptors (Lipinski definition) is 3. The minimum Gasteiger partial charge on any atom is -0.444 e. The average Bonchev–Trinajstić information content (AvgIpc) is 2.85. The molecule has 1 aromatic heterocycles. The molecule has 2 heterocycles. The minimum atomic E-state index is -0.444. The van der Waals surface area contributed by atoms with Crippen molar-refractivity contribution in [3.8, 4) is 0 Å². The molecule has 0 saturated carbocycles. The van der Waals surface area contributed by atoms with Crippen molar-refractivity contribution in [2.45, 2.75) is 46.6 Å². The fourth-order valence-electron chi connectivity index (χ4n) is 2.04. The van der Waals surface area contributed by atoms with Crippen molar-refractivity contribution in [1.82, 2.24) is 14.5 Å². The second-order valence-corrected chi connectivity index (χ2v) is 5.77. The Morgan fingerprint density at radius 2 is 2.00 bits per heavy atom. The van der Waals surface area contributed by atoms with Gasteiger partial charge in [-0.05, 0) is 32.8 Å². The lowest BCUT2D eigenvalue weighted by Gasteiger charge is -2.29. The number of imidazole rings is 1. The van der Waals surface area contributed by atoms with Crippen LogP contribution in [0.1, 0.15) is 46.9 Å². The molecule has 5 heteroatoms. The zero-order valence-electron chi connectivity index (χ0n) is 14.0. The largest absolute Gasteiger partial charge is 0.444 e. The highest BCUT2D eigenvalue weighted by atomic mass is 16.6. The topological polar surface area (TPSA) is 47.4 Å². The maximum atomic E-state index is 11.9. The molecule has 0 fully saturated rings. The van der Waals surface area contributed by atoms with Crippen molar-refractivity contribution in [2.24, 2.45) is 7.05 Å². The Balaban J connectivity index is 0.00000106. The summed E-state index contributed by atoms with van der Waals surface area (Å²) in [6, 6.07) is 0. The maximum Gasteiger partial charge on any atom is 0.410 e. The lowest BCUT2D eigenvalue weighted by atomic mass is 10.1. The molecule has 0 aliphatic carbocycles. The van der Waals surface area contributed by atoms with Gasteiger partial charge in [0.15, 0.2) is 0 Å². The third kappa shape index (κ3) is 4.92. The van der Waals surface area contributed by atoms with E-state index < -0.39 is 5.60 Å². The SMILES string of the molecule is CC.Cn1ccnc1C1=CCN(C(=O)OC(C)(C)C)CC1. The molecule has 5 nitrogen and oxygen atoms in total. The molecule has 0 N–H and O–H groups in total. The molecule has 0 unspecified atom stereocenters. The first kappa shape index (κ1) is 17.3. The van der Waals surface area contributed by atoms with Crippen LogP contribution in [0.3, 0.4) is 0 Å². The van der Waals surface area contributed by atoms with Gasteiger partial charge in [-0.1, -0.05) is 19.9 Å². The van der Waals surface area contributed by atoms with Gasteiger partial charge >= 0.3 is 6.09 Å². The van der Waals surface area contributed by atoms with Crippen LogP contribution in [-0.2, 0) is 11.8 Å². The van der Waals surface area contributed by atoms with Crippen LogP contribution in [0.25, 0.3) is 5.57 Å². The van der Waals surface area contributed by atoms with Gasteiger partial charge in [0.1, 0.15) is 11.4 Å². The Morgan fingerprint density at radius 3 is 2.43 bits per heavy atom. The summed E-state index contributed by atoms with van der Waals surface area (Å²) >= 11 is 0. The summed E-state index contributed by atoms with van der Waals surface area (Å²) in [5.41, 5.74) is 0.744. The standard InChI is InChI=1S/C14H21N3O2.C2H6/c1-14(2,3)19-13(18)17-8-5-11(6-9-17)12-15-7-10-16(12)4;1-2/h5,7,10H,6,8-9H2,1-4H3;1-2H3. The smallest absolute Gasteiger partial charge is 0.410 e. The number of aryl methyl sites for hydroxylation is 1. The molecular formula is C16H27N3O2. The molecule has 118 valence electrons. The molecule has 0 spiro atoms. The number of carbonyl (C=O) groups is 1. The van der Waals surface area contributed by atoms with E-state index in [1.807, 2.05) is 52.4 Å². The lowest BCUT2D eigenvalue weighted by molar-refractivity contribution is 0.0270. The number of ether oxygens (including phenoxy) is 1. The first-order valence-electron chi connectivity index (χ1n) is 7.51. The summed E-state index contributed by atoms with van der Waals surface area (Å²) in [5, 5.41) is 0. The van der Waals surface area contributed by atoms with Crippen molar-refractivity contribution in [2.75, 3.05) is 13.1 Å². The van der Waals surface area contributed by atoms with E-state index in [1.165, 1.54) is 5.57 Å². The minimum absolute atomic E-state index is 0.248. The van der Waals surface area contributed by atoms with E-state index in [2.05, 4.69) is 11.1 Å². The van der Waals surface area contributed by atoms with E-state index in [0.29, 0.717) is 13.1 Å². The fraction of sp³-hybridized carbons (Fsp3) is 0.625. The number of nitrogens with zero attached hydrogens (tertiary/aromatic N) is 3. The van der Waals surface area contributed by atoms with E-state index in [9.17, 15) is 4.79 Å². The van der Waals surface area contributed by atoms with Gasteiger partial charge in [0.05, 0.1) is 0 Å². The highest BCUT2D eigenvalue weighted by Crippen LogP contribution is 2.21. The quantitative estimate of drug-likeness (QED) is 0.796. The van der Waals surface area contributed by atoms with Crippen molar-refractivity contribution >= 4 is 11.7 Å². The van der Waals surface area contributed by atoms with Crippen molar-refractivity contribution in [1.29, 1.82) is 0 Å². The van der Waals surface area contributed by atoms with E-state index >= 15 is 0 Å². The number of hydrogen-bond donors (Lipinski definition) is 0. The molecule has 21 heavy (non-hydrogen) atoms. The summed E-state index contributed by atoms with van der Waals surface area (Å²) in [6.45, 7) is 10.9. The Bertz CT molecular complexity index is 498. The zero-order valence-corrected chi connectivity index (χ0v) is 14.0. The Morgan fingerprint density at radius 1 is 1.33 bits per heavy atom. The van der Waals surface area contributed by atoms with Gasteiger partial charge in [-0.25, -0.2) is 9.78 Å². The summed E-state index contributed by atoms with van der Waals surface area (Å²) in [6.07, 6.45) is 6.33. The number of aromatic nitrogens is 2. The van der Waals surface area contributed by atoms with Crippen molar-refractivity contribution in [3.63, 3.8) is 0 Å². The highest BCUT2D eigenvalue weighted by Gasteiger charge is 2.24. The van der Waals surface area contributed by atoms with Crippen LogP contribution in [-0.4, -0.2) is 39.2 Å². The molecule has 2 rings (SSSR count). The molecule has 0 aromatic carbocycles. The van der Waals surface area contributed by atoms with Gasteiger partial charge < -0.3 is 14.2 Å². The van der Waals surface area contributed by atoms with Crippen LogP contribution in [0, 0.1) is 0 Å². The van der Waals surface area contributed by atoms with Crippen LogP contribution in [0.5, 0.6) is 0 Å². The van der Waals surface area contributed by atoms with Crippen LogP contribution in [0.15, 0.2) is 18.5 Å². The molecule has 0 saturated heterocycles.